The summed E-state index contributed by atoms with van der Waals surface area (Å²) in [6, 6.07) is 66.9. The summed E-state index contributed by atoms with van der Waals surface area (Å²) in [6.07, 6.45) is 4.90. The molecular weight excluding hydrogens is 700 g/mol. The molecule has 0 bridgehead atoms. The Balaban J connectivity index is 1.17. The Morgan fingerprint density at radius 3 is 1.91 bits per heavy atom. The average molecular weight is 737 g/mol. The minimum absolute atomic E-state index is 0.867. The molecule has 55 heavy (non-hydrogen) atoms. The van der Waals surface area contributed by atoms with Crippen LogP contribution in [0.2, 0.25) is 0 Å². The molecule has 0 fully saturated rings. The third-order valence-electron chi connectivity index (χ3n) is 12.8. The van der Waals surface area contributed by atoms with Crippen LogP contribution < -0.4 is 41.9 Å². The predicted octanol–water partition coefficient (Wildman–Crippen LogP) is 8.40. The molecule has 0 atom stereocenters. The van der Waals surface area contributed by atoms with Gasteiger partial charge in [-0.2, -0.15) is 10.0 Å². The molecular formula is C50H37BN2SSi. The second kappa shape index (κ2) is 11.3. The van der Waals surface area contributed by atoms with Crippen molar-refractivity contribution in [3.63, 3.8) is 0 Å². The molecule has 12 rings (SSSR count). The number of rotatable bonds is 2. The van der Waals surface area contributed by atoms with Crippen LogP contribution in [0.15, 0.2) is 186 Å². The van der Waals surface area contributed by atoms with Crippen LogP contribution >= 0.6 is 10.0 Å². The van der Waals surface area contributed by atoms with Crippen LogP contribution in [-0.2, 0) is 0 Å². The zero-order valence-electron chi connectivity index (χ0n) is 30.8. The molecule has 4 heterocycles. The number of nitrogens with zero attached hydrogens (tertiary/aromatic N) is 1. The van der Waals surface area contributed by atoms with Crippen LogP contribution in [-0.4, -0.2) is 27.9 Å². The van der Waals surface area contributed by atoms with E-state index in [4.69, 9.17) is 0 Å². The van der Waals surface area contributed by atoms with Gasteiger partial charge < -0.3 is 10.2 Å². The monoisotopic (exact) mass is 736 g/mol. The quantitative estimate of drug-likeness (QED) is 0.180. The molecule has 0 aromatic heterocycles. The van der Waals surface area contributed by atoms with Crippen molar-refractivity contribution in [2.75, 3.05) is 22.7 Å². The molecule has 1 spiro atoms. The fraction of sp³-hybridized carbons (Fsp3) is 0.0400. The van der Waals surface area contributed by atoms with Crippen molar-refractivity contribution in [1.82, 2.24) is 0 Å². The normalized spacial score (nSPS) is 15.9. The van der Waals surface area contributed by atoms with Crippen molar-refractivity contribution in [1.29, 1.82) is 0 Å². The van der Waals surface area contributed by atoms with E-state index in [9.17, 15) is 0 Å². The van der Waals surface area contributed by atoms with E-state index in [-0.39, 0.29) is 0 Å². The summed E-state index contributed by atoms with van der Waals surface area (Å²) in [6.45, 7) is 0. The molecule has 4 aliphatic heterocycles. The standard InChI is InChI=1S/C50H37BN2SSi/c1-54(2)42-24-10-8-22-39(42)52-49-36(20-14-25-43(49)54)37-30-33(32-16-4-3-5-17-32)31-41-48(37)51-38-21-15-29-47-50(38)53(41)40-23-9-13-28-46(40)55(47)44-26-11-6-18-34(44)35-19-7-12-27-45(35)55/h3-31,51-52H,1-2H3. The highest BCUT2D eigenvalue weighted by Crippen LogP contribution is 2.65. The molecule has 0 unspecified atom stereocenters. The Morgan fingerprint density at radius 2 is 1.11 bits per heavy atom. The summed E-state index contributed by atoms with van der Waals surface area (Å²) >= 11 is 0. The molecule has 0 saturated heterocycles. The largest absolute Gasteiger partial charge is 0.353 e. The van der Waals surface area contributed by atoms with Gasteiger partial charge in [0.2, 0.25) is 0 Å². The van der Waals surface area contributed by atoms with E-state index in [1.165, 1.54) is 103 Å². The van der Waals surface area contributed by atoms with Crippen molar-refractivity contribution in [2.24, 2.45) is 0 Å². The lowest BCUT2D eigenvalue weighted by atomic mass is 9.58. The number of hydrogen-bond donors (Lipinski definition) is 1. The number of benzene rings is 8. The summed E-state index contributed by atoms with van der Waals surface area (Å²) in [5, 5.41) is 9.96. The third kappa shape index (κ3) is 4.07. The van der Waals surface area contributed by atoms with Crippen molar-refractivity contribution >= 4 is 85.5 Å². The highest BCUT2D eigenvalue weighted by atomic mass is 32.3. The lowest BCUT2D eigenvalue weighted by Crippen LogP contribution is -2.76. The summed E-state index contributed by atoms with van der Waals surface area (Å²) in [5.41, 5.74) is 17.1. The lowest BCUT2D eigenvalue weighted by molar-refractivity contribution is 1.28. The van der Waals surface area contributed by atoms with Gasteiger partial charge in [-0.05, 0) is 103 Å². The van der Waals surface area contributed by atoms with Crippen LogP contribution in [0.25, 0.3) is 33.4 Å². The van der Waals surface area contributed by atoms with Gasteiger partial charge >= 0.3 is 0 Å². The first-order valence-electron chi connectivity index (χ1n) is 19.2. The summed E-state index contributed by atoms with van der Waals surface area (Å²) < 4.78 is 0. The van der Waals surface area contributed by atoms with E-state index in [1.807, 2.05) is 0 Å². The molecule has 8 aromatic carbocycles. The van der Waals surface area contributed by atoms with Gasteiger partial charge in [0.25, 0.3) is 0 Å². The van der Waals surface area contributed by atoms with Gasteiger partial charge in [0, 0.05) is 32.4 Å². The first-order chi connectivity index (χ1) is 27.0. The first-order valence-corrected chi connectivity index (χ1v) is 23.7. The van der Waals surface area contributed by atoms with Gasteiger partial charge in [0.05, 0.1) is 11.4 Å². The van der Waals surface area contributed by atoms with Gasteiger partial charge in [-0.15, -0.1) is 0 Å². The average Bonchev–Trinajstić information content (AvgIpc) is 3.53. The Kier molecular flexibility index (Phi) is 6.42. The predicted molar refractivity (Wildman–Crippen MR) is 240 cm³/mol. The van der Waals surface area contributed by atoms with Gasteiger partial charge in [-0.3, -0.25) is 0 Å². The highest BCUT2D eigenvalue weighted by Gasteiger charge is 2.55. The molecule has 0 saturated carbocycles. The minimum Gasteiger partial charge on any atom is -0.353 e. The Morgan fingerprint density at radius 1 is 0.491 bits per heavy atom. The Bertz CT molecular complexity index is 2890. The molecule has 8 aromatic rings. The lowest BCUT2D eigenvalue weighted by Gasteiger charge is -2.47. The van der Waals surface area contributed by atoms with Crippen LogP contribution in [0.5, 0.6) is 0 Å². The van der Waals surface area contributed by atoms with E-state index in [1.54, 1.807) is 0 Å². The van der Waals surface area contributed by atoms with E-state index in [2.05, 4.69) is 199 Å². The molecule has 260 valence electrons. The third-order valence-corrected chi connectivity index (χ3v) is 20.6. The van der Waals surface area contributed by atoms with Crippen molar-refractivity contribution < 1.29 is 0 Å². The van der Waals surface area contributed by atoms with Crippen molar-refractivity contribution in [3.8, 4) is 33.4 Å². The first kappa shape index (κ1) is 31.4. The van der Waals surface area contributed by atoms with Crippen molar-refractivity contribution in [2.45, 2.75) is 9.79 Å². The molecule has 0 radical (unpaired) electrons. The van der Waals surface area contributed by atoms with Crippen LogP contribution in [0.1, 0.15) is 0 Å². The zero-order valence-corrected chi connectivity index (χ0v) is 32.6. The Hall–Kier alpha value is -6.01. The van der Waals surface area contributed by atoms with Gasteiger partial charge in [-0.1, -0.05) is 145 Å². The van der Waals surface area contributed by atoms with Gasteiger partial charge in [-0.25, -0.2) is 0 Å². The summed E-state index contributed by atoms with van der Waals surface area (Å²) in [5.74, 6) is 0. The van der Waals surface area contributed by atoms with Crippen LogP contribution in [0.4, 0.5) is 28.4 Å². The van der Waals surface area contributed by atoms with Crippen LogP contribution in [0.3, 0.4) is 0 Å². The second-order valence-corrected chi connectivity index (χ2v) is 22.9. The van der Waals surface area contributed by atoms with Crippen LogP contribution in [0, 0.1) is 0 Å². The Labute approximate surface area is 325 Å². The maximum absolute atomic E-state index is 3.97. The highest BCUT2D eigenvalue weighted by molar-refractivity contribution is 8.33. The fourth-order valence-corrected chi connectivity index (χ4v) is 18.5. The summed E-state index contributed by atoms with van der Waals surface area (Å²) in [7, 11) is -3.03. The smallest absolute Gasteiger partial charge is 0.198 e. The van der Waals surface area contributed by atoms with Crippen molar-refractivity contribution in [3.05, 3.63) is 176 Å². The van der Waals surface area contributed by atoms with E-state index in [0.717, 1.165) is 7.28 Å². The minimum atomic E-state index is -2.65. The SMILES string of the molecule is CS1(C)c2ccccc2Nc2c(-c3cc(-c4ccccc4)cc4c3Bc3cccc5c3N4c3ccccc3[Si]53c4ccccc4-c4ccccc43)cccc21. The number of hydrogen-bond acceptors (Lipinski definition) is 2. The molecule has 1 N–H and O–H groups in total. The van der Waals surface area contributed by atoms with E-state index >= 15 is 0 Å². The van der Waals surface area contributed by atoms with Gasteiger partial charge in [0.1, 0.15) is 0 Å². The fourth-order valence-electron chi connectivity index (χ4n) is 10.5. The number of para-hydroxylation sites is 4. The molecule has 2 nitrogen and oxygen atoms in total. The van der Waals surface area contributed by atoms with E-state index in [0.29, 0.717) is 0 Å². The molecule has 0 aliphatic carbocycles. The topological polar surface area (TPSA) is 15.3 Å². The molecule has 4 aliphatic rings. The number of fused-ring (bicyclic) bond motifs is 13. The molecule has 5 heteroatoms. The molecule has 0 amide bonds. The second-order valence-electron chi connectivity index (χ2n) is 15.7. The summed E-state index contributed by atoms with van der Waals surface area (Å²) in [4.78, 5) is 5.49. The zero-order chi connectivity index (χ0) is 36.5. The van der Waals surface area contributed by atoms with E-state index < -0.39 is 18.1 Å². The number of nitrogens with one attached hydrogen (secondary N) is 1. The number of anilines is 5. The van der Waals surface area contributed by atoms with Gasteiger partial charge in [0.15, 0.2) is 15.4 Å². The maximum atomic E-state index is 3.97. The maximum Gasteiger partial charge on any atom is 0.198 e.